The highest BCUT2D eigenvalue weighted by Crippen LogP contribution is 2.29. The van der Waals surface area contributed by atoms with Crippen LogP contribution in [0.1, 0.15) is 45.6 Å². The Kier molecular flexibility index (Phi) is 4.11. The maximum absolute atomic E-state index is 10.9. The number of hydrogen-bond donors (Lipinski definition) is 1. The minimum atomic E-state index is 0.0587. The Labute approximate surface area is 97.3 Å². The molecule has 1 aromatic carbocycles. The summed E-state index contributed by atoms with van der Waals surface area (Å²) in [6, 6.07) is 7.32. The third-order valence-electron chi connectivity index (χ3n) is 2.98. The Bertz CT molecular complexity index is 350. The zero-order chi connectivity index (χ0) is 12.2. The lowest BCUT2D eigenvalue weighted by Crippen LogP contribution is -2.17. The van der Waals surface area contributed by atoms with E-state index in [4.69, 9.17) is 0 Å². The molecule has 16 heavy (non-hydrogen) atoms. The van der Waals surface area contributed by atoms with Crippen molar-refractivity contribution in [2.75, 3.05) is 0 Å². The summed E-state index contributed by atoms with van der Waals surface area (Å²) in [4.78, 5) is 10.9. The fourth-order valence-corrected chi connectivity index (χ4v) is 1.84. The molecule has 2 nitrogen and oxygen atoms in total. The van der Waals surface area contributed by atoms with E-state index < -0.39 is 0 Å². The lowest BCUT2D eigenvalue weighted by molar-refractivity contribution is -0.117. The predicted octanol–water partition coefficient (Wildman–Crippen LogP) is 3.43. The lowest BCUT2D eigenvalue weighted by atomic mass is 9.80. The molecule has 0 spiro atoms. The predicted molar refractivity (Wildman–Crippen MR) is 65.7 cm³/mol. The molecule has 2 heteroatoms. The molecule has 1 rings (SSSR count). The van der Waals surface area contributed by atoms with Crippen molar-refractivity contribution in [1.82, 2.24) is 0 Å². The summed E-state index contributed by atoms with van der Waals surface area (Å²) in [6.07, 6.45) is 2.56. The molecule has 88 valence electrons. The average molecular weight is 220 g/mol. The summed E-state index contributed by atoms with van der Waals surface area (Å²) >= 11 is 0. The molecular weight excluding hydrogens is 200 g/mol. The SMILES string of the molecule is CC(=O)CCCC(C)(C)c1ccc(O)cc1. The van der Waals surface area contributed by atoms with E-state index in [2.05, 4.69) is 13.8 Å². The van der Waals surface area contributed by atoms with Crippen LogP contribution < -0.4 is 0 Å². The molecule has 0 fully saturated rings. The molecule has 0 aliphatic rings. The molecule has 0 unspecified atom stereocenters. The number of aromatic hydroxyl groups is 1. The number of Topliss-reactive ketones (excluding diaryl/α,β-unsaturated/α-hetero) is 1. The largest absolute Gasteiger partial charge is 0.508 e. The van der Waals surface area contributed by atoms with Crippen molar-refractivity contribution in [2.45, 2.75) is 45.4 Å². The number of hydrogen-bond acceptors (Lipinski definition) is 2. The lowest BCUT2D eigenvalue weighted by Gasteiger charge is -2.25. The van der Waals surface area contributed by atoms with Crippen LogP contribution in [0.3, 0.4) is 0 Å². The molecule has 0 saturated carbocycles. The highest BCUT2D eigenvalue weighted by Gasteiger charge is 2.19. The molecule has 1 aromatic rings. The van der Waals surface area contributed by atoms with Gasteiger partial charge >= 0.3 is 0 Å². The van der Waals surface area contributed by atoms with Gasteiger partial charge in [0.05, 0.1) is 0 Å². The number of ketones is 1. The first-order chi connectivity index (χ1) is 7.42. The Balaban J connectivity index is 2.62. The van der Waals surface area contributed by atoms with Crippen molar-refractivity contribution in [1.29, 1.82) is 0 Å². The second-order valence-electron chi connectivity index (χ2n) is 4.99. The summed E-state index contributed by atoms with van der Waals surface area (Å²) in [5.74, 6) is 0.546. The van der Waals surface area contributed by atoms with Gasteiger partial charge < -0.3 is 9.90 Å². The third kappa shape index (κ3) is 3.69. The van der Waals surface area contributed by atoms with Gasteiger partial charge in [0, 0.05) is 6.42 Å². The smallest absolute Gasteiger partial charge is 0.129 e. The fraction of sp³-hybridized carbons (Fsp3) is 0.500. The Morgan fingerprint density at radius 2 is 1.81 bits per heavy atom. The van der Waals surface area contributed by atoms with Crippen molar-refractivity contribution in [3.63, 3.8) is 0 Å². The molecule has 0 atom stereocenters. The first kappa shape index (κ1) is 12.8. The molecule has 0 bridgehead atoms. The van der Waals surface area contributed by atoms with E-state index in [1.807, 2.05) is 12.1 Å². The van der Waals surface area contributed by atoms with Gasteiger partial charge in [0.15, 0.2) is 0 Å². The molecule has 0 aliphatic heterocycles. The summed E-state index contributed by atoms with van der Waals surface area (Å²) < 4.78 is 0. The molecule has 0 heterocycles. The molecule has 0 aromatic heterocycles. The van der Waals surface area contributed by atoms with Gasteiger partial charge in [-0.05, 0) is 42.9 Å². The van der Waals surface area contributed by atoms with Gasteiger partial charge in [-0.2, -0.15) is 0 Å². The maximum atomic E-state index is 10.9. The van der Waals surface area contributed by atoms with E-state index in [1.54, 1.807) is 19.1 Å². The van der Waals surface area contributed by atoms with Crippen molar-refractivity contribution >= 4 is 5.78 Å². The summed E-state index contributed by atoms with van der Waals surface area (Å²) in [7, 11) is 0. The topological polar surface area (TPSA) is 37.3 Å². The van der Waals surface area contributed by atoms with Gasteiger partial charge in [-0.15, -0.1) is 0 Å². The first-order valence-electron chi connectivity index (χ1n) is 5.71. The van der Waals surface area contributed by atoms with Crippen LogP contribution in [0.25, 0.3) is 0 Å². The van der Waals surface area contributed by atoms with E-state index >= 15 is 0 Å². The van der Waals surface area contributed by atoms with Crippen LogP contribution in [0.15, 0.2) is 24.3 Å². The van der Waals surface area contributed by atoms with Crippen LogP contribution in [-0.4, -0.2) is 10.9 Å². The third-order valence-corrected chi connectivity index (χ3v) is 2.98. The standard InChI is InChI=1S/C14H20O2/c1-11(15)5-4-10-14(2,3)12-6-8-13(16)9-7-12/h6-9,16H,4-5,10H2,1-3H3. The van der Waals surface area contributed by atoms with Crippen LogP contribution in [0.2, 0.25) is 0 Å². The highest BCUT2D eigenvalue weighted by atomic mass is 16.3. The Morgan fingerprint density at radius 1 is 1.25 bits per heavy atom. The zero-order valence-corrected chi connectivity index (χ0v) is 10.3. The van der Waals surface area contributed by atoms with Gasteiger partial charge in [-0.25, -0.2) is 0 Å². The van der Waals surface area contributed by atoms with Gasteiger partial charge in [-0.3, -0.25) is 0 Å². The summed E-state index contributed by atoms with van der Waals surface area (Å²) in [6.45, 7) is 5.96. The molecule has 0 aliphatic carbocycles. The number of phenols is 1. The minimum absolute atomic E-state index is 0.0587. The van der Waals surface area contributed by atoms with Crippen LogP contribution >= 0.6 is 0 Å². The monoisotopic (exact) mass is 220 g/mol. The van der Waals surface area contributed by atoms with Crippen molar-refractivity contribution in [3.8, 4) is 5.75 Å². The molecular formula is C14H20O2. The quantitative estimate of drug-likeness (QED) is 0.825. The van der Waals surface area contributed by atoms with Crippen LogP contribution in [0.4, 0.5) is 0 Å². The fourth-order valence-electron chi connectivity index (χ4n) is 1.84. The van der Waals surface area contributed by atoms with E-state index in [-0.39, 0.29) is 11.2 Å². The van der Waals surface area contributed by atoms with Crippen LogP contribution in [0.5, 0.6) is 5.75 Å². The van der Waals surface area contributed by atoms with Crippen molar-refractivity contribution in [2.24, 2.45) is 0 Å². The number of carbonyl (C=O) groups is 1. The summed E-state index contributed by atoms with van der Waals surface area (Å²) in [5.41, 5.74) is 1.26. The second-order valence-corrected chi connectivity index (χ2v) is 4.99. The normalized spacial score (nSPS) is 11.4. The second kappa shape index (κ2) is 5.15. The number of rotatable bonds is 5. The van der Waals surface area contributed by atoms with Gasteiger partial charge in [-0.1, -0.05) is 26.0 Å². The summed E-state index contributed by atoms with van der Waals surface area (Å²) in [5, 5.41) is 9.23. The van der Waals surface area contributed by atoms with E-state index in [0.29, 0.717) is 12.2 Å². The van der Waals surface area contributed by atoms with E-state index in [1.165, 1.54) is 5.56 Å². The zero-order valence-electron chi connectivity index (χ0n) is 10.3. The van der Waals surface area contributed by atoms with Crippen molar-refractivity contribution in [3.05, 3.63) is 29.8 Å². The molecule has 1 N–H and O–H groups in total. The number of benzene rings is 1. The number of phenolic OH excluding ortho intramolecular Hbond substituents is 1. The van der Waals surface area contributed by atoms with Gasteiger partial charge in [0.2, 0.25) is 0 Å². The van der Waals surface area contributed by atoms with Gasteiger partial charge in [0.25, 0.3) is 0 Å². The molecule has 0 amide bonds. The van der Waals surface area contributed by atoms with Gasteiger partial charge in [0.1, 0.15) is 11.5 Å². The minimum Gasteiger partial charge on any atom is -0.508 e. The van der Waals surface area contributed by atoms with E-state index in [9.17, 15) is 9.90 Å². The number of carbonyl (C=O) groups excluding carboxylic acids is 1. The van der Waals surface area contributed by atoms with Crippen molar-refractivity contribution < 1.29 is 9.90 Å². The molecule has 0 saturated heterocycles. The van der Waals surface area contributed by atoms with Crippen LogP contribution in [-0.2, 0) is 10.2 Å². The maximum Gasteiger partial charge on any atom is 0.129 e. The first-order valence-corrected chi connectivity index (χ1v) is 5.71. The average Bonchev–Trinajstić information content (AvgIpc) is 2.17. The van der Waals surface area contributed by atoms with Crippen LogP contribution in [0, 0.1) is 0 Å². The molecule has 0 radical (unpaired) electrons. The highest BCUT2D eigenvalue weighted by molar-refractivity contribution is 5.75. The Morgan fingerprint density at radius 3 is 2.31 bits per heavy atom. The Hall–Kier alpha value is -1.31. The van der Waals surface area contributed by atoms with E-state index in [0.717, 1.165) is 12.8 Å².